The monoisotopic (exact) mass is 233 g/mol. The van der Waals surface area contributed by atoms with Gasteiger partial charge in [0.15, 0.2) is 17.9 Å². The third-order valence-corrected chi connectivity index (χ3v) is 2.77. The summed E-state index contributed by atoms with van der Waals surface area (Å²) >= 11 is 0. The molecule has 2 heterocycles. The van der Waals surface area contributed by atoms with Gasteiger partial charge in [-0.1, -0.05) is 26.0 Å². The van der Waals surface area contributed by atoms with Crippen molar-refractivity contribution in [2.45, 2.75) is 27.3 Å². The number of hydrogen-bond acceptors (Lipinski definition) is 3. The summed E-state index contributed by atoms with van der Waals surface area (Å²) in [5.41, 5.74) is 1.45. The standard InChI is InChI=1S/C12H17N4O/c1-12(2,3)11(17)8-16-6-5-10-9(7-16)13-14-15(10)4/h5-7H,8H2,1-4H3/q+1. The molecular formula is C12H17N4O+. The quantitative estimate of drug-likeness (QED) is 0.723. The minimum Gasteiger partial charge on any atom is -0.292 e. The van der Waals surface area contributed by atoms with Crippen molar-refractivity contribution < 1.29 is 9.36 Å². The molecule has 0 amide bonds. The van der Waals surface area contributed by atoms with E-state index in [-0.39, 0.29) is 11.2 Å². The predicted octanol–water partition coefficient (Wildman–Crippen LogP) is 0.871. The highest BCUT2D eigenvalue weighted by atomic mass is 16.1. The lowest BCUT2D eigenvalue weighted by atomic mass is 9.91. The van der Waals surface area contributed by atoms with Crippen LogP contribution in [0, 0.1) is 5.41 Å². The molecule has 17 heavy (non-hydrogen) atoms. The number of ketones is 1. The van der Waals surface area contributed by atoms with Gasteiger partial charge >= 0.3 is 0 Å². The molecule has 5 nitrogen and oxygen atoms in total. The first-order valence-corrected chi connectivity index (χ1v) is 5.60. The Morgan fingerprint density at radius 2 is 2.18 bits per heavy atom. The summed E-state index contributed by atoms with van der Waals surface area (Å²) in [5.74, 6) is 0.200. The van der Waals surface area contributed by atoms with Gasteiger partial charge in [-0.2, -0.15) is 4.57 Å². The van der Waals surface area contributed by atoms with Crippen LogP contribution in [0.25, 0.3) is 11.0 Å². The first-order chi connectivity index (χ1) is 7.88. The van der Waals surface area contributed by atoms with E-state index in [0.717, 1.165) is 11.0 Å². The minimum atomic E-state index is -0.315. The van der Waals surface area contributed by atoms with Crippen molar-refractivity contribution in [1.29, 1.82) is 0 Å². The third-order valence-electron chi connectivity index (χ3n) is 2.77. The van der Waals surface area contributed by atoms with Gasteiger partial charge in [-0.25, -0.2) is 4.68 Å². The second kappa shape index (κ2) is 3.91. The molecular weight excluding hydrogens is 216 g/mol. The van der Waals surface area contributed by atoms with E-state index in [4.69, 9.17) is 0 Å². The van der Waals surface area contributed by atoms with E-state index in [1.54, 1.807) is 4.68 Å². The largest absolute Gasteiger partial charge is 0.292 e. The predicted molar refractivity (Wildman–Crippen MR) is 63.2 cm³/mol. The molecule has 0 saturated carbocycles. The molecule has 90 valence electrons. The zero-order valence-electron chi connectivity index (χ0n) is 10.6. The number of Topliss-reactive ketones (excluding diaryl/α,β-unsaturated/α-hetero) is 1. The van der Waals surface area contributed by atoms with E-state index in [1.165, 1.54) is 0 Å². The molecule has 0 atom stereocenters. The molecule has 0 aliphatic rings. The lowest BCUT2D eigenvalue weighted by molar-refractivity contribution is -0.683. The van der Waals surface area contributed by atoms with Crippen molar-refractivity contribution in [1.82, 2.24) is 15.0 Å². The van der Waals surface area contributed by atoms with Crippen molar-refractivity contribution in [3.05, 3.63) is 18.5 Å². The van der Waals surface area contributed by atoms with E-state index in [2.05, 4.69) is 10.3 Å². The van der Waals surface area contributed by atoms with Crippen LogP contribution >= 0.6 is 0 Å². The Hall–Kier alpha value is -1.78. The van der Waals surface area contributed by atoms with Crippen LogP contribution in [0.1, 0.15) is 20.8 Å². The van der Waals surface area contributed by atoms with Crippen molar-refractivity contribution in [2.24, 2.45) is 12.5 Å². The van der Waals surface area contributed by atoms with Crippen molar-refractivity contribution in [3.63, 3.8) is 0 Å². The zero-order valence-corrected chi connectivity index (χ0v) is 10.6. The minimum absolute atomic E-state index is 0.200. The summed E-state index contributed by atoms with van der Waals surface area (Å²) < 4.78 is 3.57. The van der Waals surface area contributed by atoms with Crippen molar-refractivity contribution in [2.75, 3.05) is 0 Å². The number of carbonyl (C=O) groups excluding carboxylic acids is 1. The molecule has 2 aromatic heterocycles. The topological polar surface area (TPSA) is 51.7 Å². The van der Waals surface area contributed by atoms with Crippen LogP contribution < -0.4 is 4.57 Å². The number of aromatic nitrogens is 4. The Morgan fingerprint density at radius 1 is 1.47 bits per heavy atom. The normalized spacial score (nSPS) is 12.0. The summed E-state index contributed by atoms with van der Waals surface area (Å²) in [6, 6.07) is 1.92. The molecule has 0 aromatic carbocycles. The van der Waals surface area contributed by atoms with Gasteiger partial charge in [0.25, 0.3) is 0 Å². The number of hydrogen-bond donors (Lipinski definition) is 0. The molecule has 0 bridgehead atoms. The SMILES string of the molecule is Cn1nnc2c[n+](CC(=O)C(C)(C)C)ccc21. The first-order valence-electron chi connectivity index (χ1n) is 5.60. The van der Waals surface area contributed by atoms with Gasteiger partial charge in [0.1, 0.15) is 5.52 Å². The molecule has 0 spiro atoms. The van der Waals surface area contributed by atoms with Gasteiger partial charge in [0.05, 0.1) is 0 Å². The molecule has 0 unspecified atom stereocenters. The number of carbonyl (C=O) groups is 1. The zero-order chi connectivity index (χ0) is 12.6. The van der Waals surface area contributed by atoms with Crippen LogP contribution in [-0.4, -0.2) is 20.8 Å². The highest BCUT2D eigenvalue weighted by Gasteiger charge is 2.25. The number of fused-ring (bicyclic) bond motifs is 1. The van der Waals surface area contributed by atoms with Gasteiger partial charge < -0.3 is 0 Å². The number of nitrogens with zero attached hydrogens (tertiary/aromatic N) is 4. The second-order valence-electron chi connectivity index (χ2n) is 5.27. The Balaban J connectivity index is 2.29. The van der Waals surface area contributed by atoms with Gasteiger partial charge in [-0.3, -0.25) is 4.79 Å². The highest BCUT2D eigenvalue weighted by Crippen LogP contribution is 2.14. The molecule has 0 saturated heterocycles. The molecule has 2 aromatic rings. The van der Waals surface area contributed by atoms with E-state index in [1.807, 2.05) is 50.8 Å². The van der Waals surface area contributed by atoms with Crippen LogP contribution in [0.3, 0.4) is 0 Å². The highest BCUT2D eigenvalue weighted by molar-refractivity contribution is 5.82. The van der Waals surface area contributed by atoms with Crippen LogP contribution in [0.4, 0.5) is 0 Å². The number of rotatable bonds is 2. The Morgan fingerprint density at radius 3 is 2.82 bits per heavy atom. The van der Waals surface area contributed by atoms with E-state index < -0.39 is 0 Å². The maximum absolute atomic E-state index is 11.9. The second-order valence-corrected chi connectivity index (χ2v) is 5.27. The van der Waals surface area contributed by atoms with Gasteiger partial charge in [0.2, 0.25) is 12.3 Å². The molecule has 2 rings (SSSR count). The van der Waals surface area contributed by atoms with Crippen LogP contribution in [-0.2, 0) is 18.4 Å². The fourth-order valence-corrected chi connectivity index (χ4v) is 1.53. The molecule has 0 fully saturated rings. The summed E-state index contributed by atoms with van der Waals surface area (Å²) in [7, 11) is 1.85. The smallest absolute Gasteiger partial charge is 0.207 e. The number of aryl methyl sites for hydroxylation is 1. The van der Waals surface area contributed by atoms with E-state index in [9.17, 15) is 4.79 Å². The fourth-order valence-electron chi connectivity index (χ4n) is 1.53. The van der Waals surface area contributed by atoms with Gasteiger partial charge in [0, 0.05) is 18.5 Å². The maximum atomic E-state index is 11.9. The summed E-state index contributed by atoms with van der Waals surface area (Å²) in [5, 5.41) is 7.96. The van der Waals surface area contributed by atoms with Crippen molar-refractivity contribution in [3.8, 4) is 0 Å². The summed E-state index contributed by atoms with van der Waals surface area (Å²) in [6.07, 6.45) is 3.74. The van der Waals surface area contributed by atoms with E-state index in [0.29, 0.717) is 6.54 Å². The van der Waals surface area contributed by atoms with Crippen LogP contribution in [0.2, 0.25) is 0 Å². The number of pyridine rings is 1. The Labute approximate surface area is 100 Å². The Bertz CT molecular complexity index is 565. The average Bonchev–Trinajstić information content (AvgIpc) is 2.59. The lowest BCUT2D eigenvalue weighted by Gasteiger charge is -2.13. The fraction of sp³-hybridized carbons (Fsp3) is 0.500. The summed E-state index contributed by atoms with van der Waals surface area (Å²) in [6.45, 7) is 6.15. The first kappa shape index (κ1) is 11.7. The van der Waals surface area contributed by atoms with Gasteiger partial charge in [-0.15, -0.1) is 5.10 Å². The van der Waals surface area contributed by atoms with Crippen molar-refractivity contribution >= 4 is 16.8 Å². The molecule has 0 aliphatic carbocycles. The molecule has 0 aliphatic heterocycles. The summed E-state index contributed by atoms with van der Waals surface area (Å²) in [4.78, 5) is 11.9. The maximum Gasteiger partial charge on any atom is 0.207 e. The molecule has 0 radical (unpaired) electrons. The third kappa shape index (κ3) is 2.33. The molecule has 5 heteroatoms. The van der Waals surface area contributed by atoms with E-state index >= 15 is 0 Å². The Kier molecular flexibility index (Phi) is 2.69. The molecule has 0 N–H and O–H groups in total. The average molecular weight is 233 g/mol. The van der Waals surface area contributed by atoms with Crippen LogP contribution in [0.5, 0.6) is 0 Å². The van der Waals surface area contributed by atoms with Gasteiger partial charge in [-0.05, 0) is 0 Å². The van der Waals surface area contributed by atoms with Crippen LogP contribution in [0.15, 0.2) is 18.5 Å². The lowest BCUT2D eigenvalue weighted by Crippen LogP contribution is -2.41.